The van der Waals surface area contributed by atoms with Crippen molar-refractivity contribution in [2.24, 2.45) is 17.8 Å². The zero-order chi connectivity index (χ0) is 25.6. The molecule has 7 nitrogen and oxygen atoms in total. The number of carbonyl (C=O) groups excluding carboxylic acids is 2. The quantitative estimate of drug-likeness (QED) is 0.537. The van der Waals surface area contributed by atoms with Gasteiger partial charge in [-0.3, -0.25) is 14.3 Å². The summed E-state index contributed by atoms with van der Waals surface area (Å²) in [7, 11) is -3.40. The third kappa shape index (κ3) is 7.95. The molecule has 1 aromatic rings. The van der Waals surface area contributed by atoms with Crippen molar-refractivity contribution in [3.63, 3.8) is 0 Å². The number of carbonyl (C=O) groups is 2. The molecule has 4 unspecified atom stereocenters. The first-order valence-electron chi connectivity index (χ1n) is 13.2. The van der Waals surface area contributed by atoms with Crippen LogP contribution in [0.4, 0.5) is 5.69 Å². The fourth-order valence-corrected chi connectivity index (χ4v) is 6.74. The maximum Gasteiger partial charge on any atom is 0.232 e. The summed E-state index contributed by atoms with van der Waals surface area (Å²) in [6.45, 7) is 11.4. The lowest BCUT2D eigenvalue weighted by atomic mass is 9.89. The largest absolute Gasteiger partial charge is 0.342 e. The Bertz CT molecular complexity index is 953. The highest BCUT2D eigenvalue weighted by molar-refractivity contribution is 7.92. The molecule has 4 atom stereocenters. The first-order chi connectivity index (χ1) is 16.6. The van der Waals surface area contributed by atoms with Gasteiger partial charge in [-0.1, -0.05) is 46.2 Å². The van der Waals surface area contributed by atoms with E-state index >= 15 is 0 Å². The average Bonchev–Trinajstić information content (AvgIpc) is 2.80. The normalized spacial score (nSPS) is 24.2. The van der Waals surface area contributed by atoms with E-state index in [1.165, 1.54) is 0 Å². The second kappa shape index (κ2) is 12.2. The Hall–Kier alpha value is -2.09. The lowest BCUT2D eigenvalue weighted by molar-refractivity contribution is -0.140. The fourth-order valence-electron chi connectivity index (χ4n) is 5.48. The van der Waals surface area contributed by atoms with Crippen LogP contribution in [-0.2, 0) is 19.6 Å². The lowest BCUT2D eigenvalue weighted by Gasteiger charge is -2.37. The zero-order valence-corrected chi connectivity index (χ0v) is 22.6. The van der Waals surface area contributed by atoms with Crippen molar-refractivity contribution < 1.29 is 18.0 Å². The molecule has 0 radical (unpaired) electrons. The molecule has 196 valence electrons. The van der Waals surface area contributed by atoms with E-state index < -0.39 is 15.9 Å². The molecule has 2 saturated heterocycles. The van der Waals surface area contributed by atoms with Crippen molar-refractivity contribution in [2.45, 2.75) is 72.1 Å². The number of unbranched alkanes of at least 4 members (excludes halogenated alkanes) is 1. The van der Waals surface area contributed by atoms with Crippen molar-refractivity contribution in [1.29, 1.82) is 0 Å². The fraction of sp³-hybridized carbons (Fsp3) is 0.704. The third-order valence-corrected chi connectivity index (χ3v) is 8.59. The molecule has 0 bridgehead atoms. The van der Waals surface area contributed by atoms with Crippen LogP contribution in [0.5, 0.6) is 0 Å². The van der Waals surface area contributed by atoms with Gasteiger partial charge in [-0.2, -0.15) is 0 Å². The molecule has 2 fully saturated rings. The lowest BCUT2D eigenvalue weighted by Crippen LogP contribution is -2.45. The van der Waals surface area contributed by atoms with Crippen molar-refractivity contribution in [3.8, 4) is 0 Å². The molecule has 3 rings (SSSR count). The van der Waals surface area contributed by atoms with Gasteiger partial charge in [0, 0.05) is 38.3 Å². The molecular formula is C27H43N3O4S. The van der Waals surface area contributed by atoms with Gasteiger partial charge in [0.05, 0.1) is 11.7 Å². The molecule has 1 aromatic carbocycles. The third-order valence-electron chi connectivity index (χ3n) is 7.22. The minimum absolute atomic E-state index is 0.000664. The minimum Gasteiger partial charge on any atom is -0.342 e. The summed E-state index contributed by atoms with van der Waals surface area (Å²) >= 11 is 0. The number of nitrogens with one attached hydrogen (secondary N) is 1. The number of hydrogen-bond donors (Lipinski definition) is 1. The molecule has 8 heteroatoms. The van der Waals surface area contributed by atoms with Crippen LogP contribution >= 0.6 is 0 Å². The zero-order valence-electron chi connectivity index (χ0n) is 21.8. The molecule has 2 aliphatic heterocycles. The van der Waals surface area contributed by atoms with Crippen LogP contribution in [0.15, 0.2) is 24.3 Å². The maximum absolute atomic E-state index is 13.7. The van der Waals surface area contributed by atoms with Crippen LogP contribution in [0, 0.1) is 17.8 Å². The van der Waals surface area contributed by atoms with E-state index in [1.54, 1.807) is 24.3 Å². The molecule has 1 N–H and O–H groups in total. The van der Waals surface area contributed by atoms with Gasteiger partial charge >= 0.3 is 0 Å². The number of nitrogens with zero attached hydrogens (tertiary/aromatic N) is 2. The molecule has 2 aliphatic rings. The van der Waals surface area contributed by atoms with Crippen molar-refractivity contribution in [2.75, 3.05) is 36.7 Å². The summed E-state index contributed by atoms with van der Waals surface area (Å²) in [6, 6.07) is 6.99. The number of benzene rings is 1. The second-order valence-electron chi connectivity index (χ2n) is 10.9. The predicted octanol–water partition coefficient (Wildman–Crippen LogP) is 4.47. The Kier molecular flexibility index (Phi) is 9.62. The van der Waals surface area contributed by atoms with Gasteiger partial charge in [0.15, 0.2) is 0 Å². The Morgan fingerprint density at radius 1 is 1.00 bits per heavy atom. The highest BCUT2D eigenvalue weighted by Gasteiger charge is 2.33. The van der Waals surface area contributed by atoms with Crippen LogP contribution < -0.4 is 4.72 Å². The summed E-state index contributed by atoms with van der Waals surface area (Å²) in [5, 5.41) is 0. The number of likely N-dealkylation sites (tertiary alicyclic amines) is 2. The monoisotopic (exact) mass is 505 g/mol. The highest BCUT2D eigenvalue weighted by atomic mass is 32.2. The average molecular weight is 506 g/mol. The summed E-state index contributed by atoms with van der Waals surface area (Å²) in [6.07, 6.45) is 4.77. The second-order valence-corrected chi connectivity index (χ2v) is 12.8. The van der Waals surface area contributed by atoms with E-state index in [0.717, 1.165) is 57.4 Å². The number of hydrogen-bond acceptors (Lipinski definition) is 4. The molecule has 0 aromatic heterocycles. The summed E-state index contributed by atoms with van der Waals surface area (Å²) in [5.41, 5.74) is 1.24. The Balaban J connectivity index is 1.79. The molecule has 2 heterocycles. The van der Waals surface area contributed by atoms with E-state index in [2.05, 4.69) is 25.5 Å². The maximum atomic E-state index is 13.7. The first kappa shape index (κ1) is 27.5. The van der Waals surface area contributed by atoms with Gasteiger partial charge in [0.2, 0.25) is 21.8 Å². The van der Waals surface area contributed by atoms with Crippen LogP contribution in [0.2, 0.25) is 0 Å². The van der Waals surface area contributed by atoms with Crippen molar-refractivity contribution in [3.05, 3.63) is 29.8 Å². The minimum atomic E-state index is -3.40. The number of rotatable bonds is 9. The van der Waals surface area contributed by atoms with E-state index in [9.17, 15) is 18.0 Å². The topological polar surface area (TPSA) is 86.8 Å². The van der Waals surface area contributed by atoms with Crippen LogP contribution in [0.3, 0.4) is 0 Å². The number of amides is 2. The molecule has 0 spiro atoms. The van der Waals surface area contributed by atoms with Crippen LogP contribution in [0.25, 0.3) is 0 Å². The van der Waals surface area contributed by atoms with E-state index in [1.807, 2.05) is 16.7 Å². The first-order valence-corrected chi connectivity index (χ1v) is 14.9. The molecule has 35 heavy (non-hydrogen) atoms. The van der Waals surface area contributed by atoms with Crippen molar-refractivity contribution in [1.82, 2.24) is 9.80 Å². The molecule has 0 saturated carbocycles. The van der Waals surface area contributed by atoms with Gasteiger partial charge in [-0.25, -0.2) is 8.42 Å². The Labute approximate surface area is 211 Å². The van der Waals surface area contributed by atoms with E-state index in [4.69, 9.17) is 0 Å². The molecular weight excluding hydrogens is 462 g/mol. The van der Waals surface area contributed by atoms with Gasteiger partial charge in [-0.05, 0) is 61.1 Å². The van der Waals surface area contributed by atoms with Crippen LogP contribution in [0.1, 0.15) is 77.7 Å². The van der Waals surface area contributed by atoms with Gasteiger partial charge < -0.3 is 9.80 Å². The van der Waals surface area contributed by atoms with Crippen LogP contribution in [-0.4, -0.2) is 62.0 Å². The summed E-state index contributed by atoms with van der Waals surface area (Å²) in [4.78, 5) is 30.8. The van der Waals surface area contributed by atoms with E-state index in [0.29, 0.717) is 29.9 Å². The van der Waals surface area contributed by atoms with Gasteiger partial charge in [-0.15, -0.1) is 0 Å². The predicted molar refractivity (Wildman–Crippen MR) is 141 cm³/mol. The molecule has 2 amide bonds. The SMILES string of the molecule is CCCCS(=O)(=O)Nc1ccc(C(CC(=O)N2CC(C)CC(C)C2)C(=O)N2CCCC(C)C2)cc1. The van der Waals surface area contributed by atoms with Gasteiger partial charge in [0.1, 0.15) is 0 Å². The number of piperidine rings is 2. The number of anilines is 1. The van der Waals surface area contributed by atoms with Gasteiger partial charge in [0.25, 0.3) is 0 Å². The molecule has 0 aliphatic carbocycles. The Morgan fingerprint density at radius 3 is 2.23 bits per heavy atom. The van der Waals surface area contributed by atoms with E-state index in [-0.39, 0.29) is 24.0 Å². The standard InChI is InChI=1S/C27H43N3O4S/c1-5-6-14-35(33,34)28-24-11-9-23(10-12-24)25(27(32)29-13-7-8-20(2)17-29)16-26(31)30-18-21(3)15-22(4)19-30/h9-12,20-22,25,28H,5-8,13-19H2,1-4H3. The number of sulfonamides is 1. The Morgan fingerprint density at radius 2 is 1.63 bits per heavy atom. The van der Waals surface area contributed by atoms with Crippen molar-refractivity contribution >= 4 is 27.5 Å². The smallest absolute Gasteiger partial charge is 0.232 e. The summed E-state index contributed by atoms with van der Waals surface area (Å²) in [5.74, 6) is 0.912. The summed E-state index contributed by atoms with van der Waals surface area (Å²) < 4.78 is 27.2. The highest BCUT2D eigenvalue weighted by Crippen LogP contribution is 2.29.